The van der Waals surface area contributed by atoms with Gasteiger partial charge in [0.2, 0.25) is 0 Å². The molecular weight excluding hydrogens is 228 g/mol. The van der Waals surface area contributed by atoms with E-state index in [4.69, 9.17) is 0 Å². The Morgan fingerprint density at radius 2 is 2.18 bits per heavy atom. The number of H-pyrrole nitrogens is 1. The maximum atomic E-state index is 4.61. The van der Waals surface area contributed by atoms with Crippen molar-refractivity contribution < 1.29 is 1.43 Å². The average Bonchev–Trinajstić information content (AvgIpc) is 2.84. The lowest BCUT2D eigenvalue weighted by Crippen LogP contribution is -1.87. The molecule has 0 amide bonds. The fourth-order valence-electron chi connectivity index (χ4n) is 2.04. The molecule has 3 heteroatoms. The number of hydrogen-bond donors (Lipinski definition) is 1. The molecular formula is C14H16N2S. The molecule has 2 nitrogen and oxygen atoms in total. The van der Waals surface area contributed by atoms with Gasteiger partial charge in [-0.25, -0.2) is 4.98 Å². The van der Waals surface area contributed by atoms with E-state index in [9.17, 15) is 0 Å². The zero-order valence-corrected chi connectivity index (χ0v) is 10.8. The molecule has 0 atom stereocenters. The molecule has 0 saturated heterocycles. The van der Waals surface area contributed by atoms with Gasteiger partial charge in [-0.15, -0.1) is 11.3 Å². The first kappa shape index (κ1) is 10.5. The minimum atomic E-state index is 0. The van der Waals surface area contributed by atoms with Crippen molar-refractivity contribution >= 4 is 22.4 Å². The molecule has 0 spiro atoms. The summed E-state index contributed by atoms with van der Waals surface area (Å²) in [5.41, 5.74) is 4.78. The number of aryl methyl sites for hydroxylation is 2. The Kier molecular flexibility index (Phi) is 2.48. The molecule has 1 N–H and O–H groups in total. The van der Waals surface area contributed by atoms with Gasteiger partial charge >= 0.3 is 0 Å². The van der Waals surface area contributed by atoms with E-state index in [0.717, 1.165) is 23.3 Å². The third-order valence-corrected chi connectivity index (χ3v) is 3.75. The third kappa shape index (κ3) is 2.11. The first-order valence-corrected chi connectivity index (χ1v) is 6.58. The molecule has 17 heavy (non-hydrogen) atoms. The number of fused-ring (bicyclic) bond motifs is 1. The molecule has 0 aliphatic heterocycles. The van der Waals surface area contributed by atoms with Gasteiger partial charge in [-0.1, -0.05) is 6.07 Å². The SMILES string of the molecule is Cc1ccc2nc(Cc3csc(C)c3)[nH]c2c1.[HH]. The Morgan fingerprint density at radius 1 is 1.29 bits per heavy atom. The van der Waals surface area contributed by atoms with Gasteiger partial charge in [-0.2, -0.15) is 0 Å². The summed E-state index contributed by atoms with van der Waals surface area (Å²) in [4.78, 5) is 9.35. The Morgan fingerprint density at radius 3 is 2.94 bits per heavy atom. The van der Waals surface area contributed by atoms with Crippen LogP contribution in [0.5, 0.6) is 0 Å². The molecule has 2 aromatic heterocycles. The normalized spacial score (nSPS) is 11.2. The smallest absolute Gasteiger partial charge is 0.111 e. The molecule has 0 aliphatic carbocycles. The van der Waals surface area contributed by atoms with Crippen molar-refractivity contribution in [3.63, 3.8) is 0 Å². The number of thiophene rings is 1. The number of aromatic amines is 1. The Bertz CT molecular complexity index is 669. The lowest BCUT2D eigenvalue weighted by Gasteiger charge is -1.91. The average molecular weight is 244 g/mol. The molecule has 0 bridgehead atoms. The van der Waals surface area contributed by atoms with Gasteiger partial charge in [-0.05, 0) is 48.6 Å². The first-order chi connectivity index (χ1) is 8.20. The molecule has 1 aromatic carbocycles. The van der Waals surface area contributed by atoms with Crippen molar-refractivity contribution in [3.05, 3.63) is 51.5 Å². The number of benzene rings is 1. The Labute approximate surface area is 106 Å². The molecule has 0 fully saturated rings. The second kappa shape index (κ2) is 4.00. The van der Waals surface area contributed by atoms with Crippen molar-refractivity contribution in [2.24, 2.45) is 0 Å². The number of aromatic nitrogens is 2. The van der Waals surface area contributed by atoms with Gasteiger partial charge < -0.3 is 4.98 Å². The van der Waals surface area contributed by atoms with E-state index < -0.39 is 0 Å². The highest BCUT2D eigenvalue weighted by molar-refractivity contribution is 7.10. The van der Waals surface area contributed by atoms with E-state index >= 15 is 0 Å². The lowest BCUT2D eigenvalue weighted by molar-refractivity contribution is 1.04. The minimum Gasteiger partial charge on any atom is -0.342 e. The molecule has 88 valence electrons. The third-order valence-electron chi connectivity index (χ3n) is 2.84. The predicted octanol–water partition coefficient (Wildman–Crippen LogP) is 4.08. The van der Waals surface area contributed by atoms with Gasteiger partial charge in [0.05, 0.1) is 11.0 Å². The second-order valence-electron chi connectivity index (χ2n) is 4.45. The molecule has 3 aromatic rings. The van der Waals surface area contributed by atoms with Crippen LogP contribution in [0.3, 0.4) is 0 Å². The highest BCUT2D eigenvalue weighted by Gasteiger charge is 2.04. The van der Waals surface area contributed by atoms with Crippen molar-refractivity contribution in [3.8, 4) is 0 Å². The van der Waals surface area contributed by atoms with Crippen molar-refractivity contribution in [2.75, 3.05) is 0 Å². The maximum absolute atomic E-state index is 4.61. The molecule has 0 saturated carbocycles. The van der Waals surface area contributed by atoms with Crippen LogP contribution in [0.4, 0.5) is 0 Å². The largest absolute Gasteiger partial charge is 0.342 e. The highest BCUT2D eigenvalue weighted by Crippen LogP contribution is 2.18. The molecule has 2 heterocycles. The maximum Gasteiger partial charge on any atom is 0.111 e. The Hall–Kier alpha value is -1.61. The summed E-state index contributed by atoms with van der Waals surface area (Å²) in [6.45, 7) is 4.23. The topological polar surface area (TPSA) is 28.7 Å². The van der Waals surface area contributed by atoms with Crippen LogP contribution in [0.1, 0.15) is 23.3 Å². The van der Waals surface area contributed by atoms with Gasteiger partial charge in [0.1, 0.15) is 5.82 Å². The number of imidazole rings is 1. The molecule has 0 aliphatic rings. The first-order valence-electron chi connectivity index (χ1n) is 5.70. The number of rotatable bonds is 2. The van der Waals surface area contributed by atoms with E-state index in [1.807, 2.05) is 0 Å². The van der Waals surface area contributed by atoms with Crippen molar-refractivity contribution in [2.45, 2.75) is 20.3 Å². The summed E-state index contributed by atoms with van der Waals surface area (Å²) in [6, 6.07) is 8.54. The van der Waals surface area contributed by atoms with Gasteiger partial charge in [0, 0.05) is 12.7 Å². The van der Waals surface area contributed by atoms with Crippen LogP contribution in [0.2, 0.25) is 0 Å². The molecule has 0 unspecified atom stereocenters. The van der Waals surface area contributed by atoms with Crippen molar-refractivity contribution in [1.29, 1.82) is 0 Å². The fraction of sp³-hybridized carbons (Fsp3) is 0.214. The predicted molar refractivity (Wildman–Crippen MR) is 74.8 cm³/mol. The quantitative estimate of drug-likeness (QED) is 0.723. The van der Waals surface area contributed by atoms with Crippen LogP contribution in [-0.4, -0.2) is 9.97 Å². The summed E-state index contributed by atoms with van der Waals surface area (Å²) in [5, 5.41) is 2.20. The second-order valence-corrected chi connectivity index (χ2v) is 5.56. The highest BCUT2D eigenvalue weighted by atomic mass is 32.1. The zero-order valence-electron chi connectivity index (χ0n) is 9.95. The zero-order chi connectivity index (χ0) is 11.8. The Balaban J connectivity index is 0.00000120. The van der Waals surface area contributed by atoms with E-state index in [0.29, 0.717) is 0 Å². The van der Waals surface area contributed by atoms with E-state index in [1.54, 1.807) is 11.3 Å². The van der Waals surface area contributed by atoms with E-state index in [1.165, 1.54) is 16.0 Å². The number of nitrogens with zero attached hydrogens (tertiary/aromatic N) is 1. The molecule has 3 rings (SSSR count). The van der Waals surface area contributed by atoms with Crippen LogP contribution in [0.25, 0.3) is 11.0 Å². The van der Waals surface area contributed by atoms with E-state index in [2.05, 4.69) is 53.5 Å². The van der Waals surface area contributed by atoms with Gasteiger partial charge in [-0.3, -0.25) is 0 Å². The van der Waals surface area contributed by atoms with Crippen LogP contribution in [0, 0.1) is 13.8 Å². The van der Waals surface area contributed by atoms with Crippen LogP contribution in [-0.2, 0) is 6.42 Å². The summed E-state index contributed by atoms with van der Waals surface area (Å²) in [7, 11) is 0. The fourth-order valence-corrected chi connectivity index (χ4v) is 2.75. The number of nitrogens with one attached hydrogen (secondary N) is 1. The minimum absolute atomic E-state index is 0. The van der Waals surface area contributed by atoms with Crippen LogP contribution >= 0.6 is 11.3 Å². The monoisotopic (exact) mass is 244 g/mol. The van der Waals surface area contributed by atoms with E-state index in [-0.39, 0.29) is 1.43 Å². The van der Waals surface area contributed by atoms with Crippen LogP contribution in [0.15, 0.2) is 29.6 Å². The molecule has 0 radical (unpaired) electrons. The van der Waals surface area contributed by atoms with Crippen molar-refractivity contribution in [1.82, 2.24) is 9.97 Å². The standard InChI is InChI=1S/C14H14N2S.H2/c1-9-3-4-12-13(5-9)16-14(15-12)7-11-6-10(2)17-8-11;/h3-6,8H,7H2,1-2H3,(H,15,16);1H. The summed E-state index contributed by atoms with van der Waals surface area (Å²) >= 11 is 1.79. The van der Waals surface area contributed by atoms with Crippen LogP contribution < -0.4 is 0 Å². The van der Waals surface area contributed by atoms with Gasteiger partial charge in [0.25, 0.3) is 0 Å². The summed E-state index contributed by atoms with van der Waals surface area (Å²) < 4.78 is 0. The summed E-state index contributed by atoms with van der Waals surface area (Å²) in [5.74, 6) is 1.04. The lowest BCUT2D eigenvalue weighted by atomic mass is 10.2. The van der Waals surface area contributed by atoms with Gasteiger partial charge in [0.15, 0.2) is 0 Å². The summed E-state index contributed by atoms with van der Waals surface area (Å²) in [6.07, 6.45) is 0.887. The number of hydrogen-bond acceptors (Lipinski definition) is 2.